The first-order valence-corrected chi connectivity index (χ1v) is 10.1. The molecule has 0 fully saturated rings. The molecule has 0 bridgehead atoms. The van der Waals surface area contributed by atoms with Crippen LogP contribution in [0, 0.1) is 20.8 Å². The molecule has 0 aliphatic rings. The van der Waals surface area contributed by atoms with E-state index in [1.807, 2.05) is 19.9 Å². The Labute approximate surface area is 158 Å². The summed E-state index contributed by atoms with van der Waals surface area (Å²) in [6.45, 7) is 5.39. The van der Waals surface area contributed by atoms with Crippen molar-refractivity contribution < 1.29 is 23.1 Å². The van der Waals surface area contributed by atoms with Crippen LogP contribution in [0.3, 0.4) is 0 Å². The SMILES string of the molecule is Cc1cc(C)cc(C(NC(=O)c2ccc(C)c(NS(C)(=O)=O)c2)C(=O)O)c1. The Morgan fingerprint density at radius 3 is 2.11 bits per heavy atom. The zero-order valence-corrected chi connectivity index (χ0v) is 16.3. The summed E-state index contributed by atoms with van der Waals surface area (Å²) in [5, 5.41) is 12.0. The topological polar surface area (TPSA) is 113 Å². The van der Waals surface area contributed by atoms with E-state index in [0.717, 1.165) is 17.4 Å². The summed E-state index contributed by atoms with van der Waals surface area (Å²) in [4.78, 5) is 24.3. The highest BCUT2D eigenvalue weighted by Crippen LogP contribution is 2.21. The molecule has 0 heterocycles. The van der Waals surface area contributed by atoms with E-state index < -0.39 is 27.9 Å². The summed E-state index contributed by atoms with van der Waals surface area (Å²) in [6.07, 6.45) is 1.01. The molecular formula is C19H22N2O5S. The van der Waals surface area contributed by atoms with Gasteiger partial charge in [-0.3, -0.25) is 9.52 Å². The van der Waals surface area contributed by atoms with Gasteiger partial charge in [0, 0.05) is 5.56 Å². The Balaban J connectivity index is 2.33. The fourth-order valence-corrected chi connectivity index (χ4v) is 3.37. The Bertz CT molecular complexity index is 979. The molecule has 0 aliphatic carbocycles. The number of aryl methyl sites for hydroxylation is 3. The Morgan fingerprint density at radius 2 is 1.59 bits per heavy atom. The normalized spacial score (nSPS) is 12.3. The van der Waals surface area contributed by atoms with Gasteiger partial charge >= 0.3 is 5.97 Å². The molecule has 2 aromatic rings. The first-order valence-electron chi connectivity index (χ1n) is 8.16. The van der Waals surface area contributed by atoms with E-state index in [-0.39, 0.29) is 11.3 Å². The summed E-state index contributed by atoms with van der Waals surface area (Å²) in [6, 6.07) is 8.59. The summed E-state index contributed by atoms with van der Waals surface area (Å²) in [7, 11) is -3.51. The lowest BCUT2D eigenvalue weighted by Crippen LogP contribution is -2.34. The number of carboxylic acids is 1. The lowest BCUT2D eigenvalue weighted by molar-refractivity contribution is -0.139. The van der Waals surface area contributed by atoms with E-state index in [1.54, 1.807) is 25.1 Å². The van der Waals surface area contributed by atoms with Crippen molar-refractivity contribution in [3.05, 3.63) is 64.2 Å². The van der Waals surface area contributed by atoms with Gasteiger partial charge in [0.2, 0.25) is 10.0 Å². The number of hydrogen-bond acceptors (Lipinski definition) is 4. The second kappa shape index (κ2) is 7.79. The number of anilines is 1. The highest BCUT2D eigenvalue weighted by molar-refractivity contribution is 7.92. The van der Waals surface area contributed by atoms with Gasteiger partial charge in [-0.05, 0) is 44.0 Å². The van der Waals surface area contributed by atoms with Gasteiger partial charge in [-0.2, -0.15) is 0 Å². The molecular weight excluding hydrogens is 368 g/mol. The minimum absolute atomic E-state index is 0.155. The zero-order valence-electron chi connectivity index (χ0n) is 15.5. The molecule has 8 heteroatoms. The monoisotopic (exact) mass is 390 g/mol. The number of rotatable bonds is 6. The number of sulfonamides is 1. The number of carboxylic acid groups (broad SMARTS) is 1. The zero-order chi connectivity index (χ0) is 20.4. The van der Waals surface area contributed by atoms with Crippen molar-refractivity contribution in [2.45, 2.75) is 26.8 Å². The van der Waals surface area contributed by atoms with E-state index in [4.69, 9.17) is 0 Å². The van der Waals surface area contributed by atoms with Gasteiger partial charge < -0.3 is 10.4 Å². The average Bonchev–Trinajstić information content (AvgIpc) is 2.51. The van der Waals surface area contributed by atoms with Crippen LogP contribution < -0.4 is 10.0 Å². The Hall–Kier alpha value is -2.87. The van der Waals surface area contributed by atoms with Gasteiger partial charge in [-0.25, -0.2) is 13.2 Å². The highest BCUT2D eigenvalue weighted by atomic mass is 32.2. The third-order valence-corrected chi connectivity index (χ3v) is 4.49. The lowest BCUT2D eigenvalue weighted by Gasteiger charge is -2.17. The minimum atomic E-state index is -3.51. The van der Waals surface area contributed by atoms with Crippen molar-refractivity contribution in [3.63, 3.8) is 0 Å². The molecule has 0 spiro atoms. The maximum Gasteiger partial charge on any atom is 0.330 e. The quantitative estimate of drug-likeness (QED) is 0.702. The number of amides is 1. The molecule has 144 valence electrons. The summed E-state index contributed by atoms with van der Waals surface area (Å²) in [5.41, 5.74) is 3.31. The van der Waals surface area contributed by atoms with Crippen LogP contribution in [0.1, 0.15) is 38.7 Å². The maximum absolute atomic E-state index is 12.6. The van der Waals surface area contributed by atoms with Crippen molar-refractivity contribution in [3.8, 4) is 0 Å². The van der Waals surface area contributed by atoms with E-state index in [2.05, 4.69) is 10.0 Å². The van der Waals surface area contributed by atoms with Crippen LogP contribution in [-0.2, 0) is 14.8 Å². The van der Waals surface area contributed by atoms with Crippen molar-refractivity contribution in [1.82, 2.24) is 5.32 Å². The van der Waals surface area contributed by atoms with E-state index in [1.165, 1.54) is 12.1 Å². The molecule has 2 rings (SSSR count). The molecule has 1 amide bonds. The maximum atomic E-state index is 12.6. The number of aliphatic carboxylic acids is 1. The second-order valence-corrected chi connectivity index (χ2v) is 8.32. The molecule has 0 aromatic heterocycles. The van der Waals surface area contributed by atoms with Gasteiger partial charge in [-0.15, -0.1) is 0 Å². The summed E-state index contributed by atoms with van der Waals surface area (Å²) in [5.74, 6) is -1.80. The first kappa shape index (κ1) is 20.4. The molecule has 0 aliphatic heterocycles. The van der Waals surface area contributed by atoms with Gasteiger partial charge in [0.1, 0.15) is 0 Å². The average molecular weight is 390 g/mol. The van der Waals surface area contributed by atoms with Gasteiger partial charge in [0.05, 0.1) is 11.9 Å². The van der Waals surface area contributed by atoms with Crippen LogP contribution in [0.15, 0.2) is 36.4 Å². The van der Waals surface area contributed by atoms with Crippen LogP contribution in [0.5, 0.6) is 0 Å². The van der Waals surface area contributed by atoms with Crippen LogP contribution in [0.4, 0.5) is 5.69 Å². The van der Waals surface area contributed by atoms with Crippen molar-refractivity contribution in [1.29, 1.82) is 0 Å². The number of benzene rings is 2. The van der Waals surface area contributed by atoms with Gasteiger partial charge in [0.25, 0.3) is 5.91 Å². The number of nitrogens with one attached hydrogen (secondary N) is 2. The largest absolute Gasteiger partial charge is 0.479 e. The molecule has 7 nitrogen and oxygen atoms in total. The molecule has 0 radical (unpaired) electrons. The molecule has 3 N–H and O–H groups in total. The summed E-state index contributed by atoms with van der Waals surface area (Å²) < 4.78 is 25.3. The predicted molar refractivity (Wildman–Crippen MR) is 103 cm³/mol. The van der Waals surface area contributed by atoms with Gasteiger partial charge in [0.15, 0.2) is 6.04 Å². The molecule has 0 saturated carbocycles. The lowest BCUT2D eigenvalue weighted by atomic mass is 10.0. The van der Waals surface area contributed by atoms with Gasteiger partial charge in [-0.1, -0.05) is 35.4 Å². The van der Waals surface area contributed by atoms with Crippen LogP contribution >= 0.6 is 0 Å². The smallest absolute Gasteiger partial charge is 0.330 e. The van der Waals surface area contributed by atoms with Crippen LogP contribution in [0.2, 0.25) is 0 Å². The fraction of sp³-hybridized carbons (Fsp3) is 0.263. The van der Waals surface area contributed by atoms with E-state index >= 15 is 0 Å². The standard InChI is InChI=1S/C19H22N2O5S/c1-11-7-12(2)9-15(8-11)17(19(23)24)20-18(22)14-6-5-13(3)16(10-14)21-27(4,25)26/h5-10,17,21H,1-4H3,(H,20,22)(H,23,24). The molecule has 0 saturated heterocycles. The Morgan fingerprint density at radius 1 is 1.00 bits per heavy atom. The number of hydrogen-bond donors (Lipinski definition) is 3. The van der Waals surface area contributed by atoms with Crippen LogP contribution in [-0.4, -0.2) is 31.7 Å². The summed E-state index contributed by atoms with van der Waals surface area (Å²) >= 11 is 0. The molecule has 1 unspecified atom stereocenters. The second-order valence-electron chi connectivity index (χ2n) is 6.57. The predicted octanol–water partition coefficient (Wildman–Crippen LogP) is 2.54. The van der Waals surface area contributed by atoms with Crippen LogP contribution in [0.25, 0.3) is 0 Å². The third-order valence-electron chi connectivity index (χ3n) is 3.89. The van der Waals surface area contributed by atoms with Crippen molar-refractivity contribution in [2.24, 2.45) is 0 Å². The molecule has 1 atom stereocenters. The van der Waals surface area contributed by atoms with Crippen molar-refractivity contribution in [2.75, 3.05) is 11.0 Å². The highest BCUT2D eigenvalue weighted by Gasteiger charge is 2.23. The van der Waals surface area contributed by atoms with Crippen molar-refractivity contribution >= 4 is 27.6 Å². The molecule has 2 aromatic carbocycles. The van der Waals surface area contributed by atoms with E-state index in [0.29, 0.717) is 11.1 Å². The third kappa shape index (κ3) is 5.55. The first-order chi connectivity index (χ1) is 12.5. The molecule has 27 heavy (non-hydrogen) atoms. The Kier molecular flexibility index (Phi) is 5.90. The number of carbonyl (C=O) groups excluding carboxylic acids is 1. The van der Waals surface area contributed by atoms with E-state index in [9.17, 15) is 23.1 Å². The minimum Gasteiger partial charge on any atom is -0.479 e. The fourth-order valence-electron chi connectivity index (χ4n) is 2.75. The number of carbonyl (C=O) groups is 2.